The summed E-state index contributed by atoms with van der Waals surface area (Å²) in [6.45, 7) is 0. The summed E-state index contributed by atoms with van der Waals surface area (Å²) in [7, 11) is 1.27. The van der Waals surface area contributed by atoms with Crippen LogP contribution in [0.4, 0.5) is 0 Å². The average molecular weight is 361 g/mol. The number of carbonyl (C=O) groups excluding carboxylic acids is 2. The Morgan fingerprint density at radius 2 is 1.82 bits per heavy atom. The highest BCUT2D eigenvalue weighted by atomic mass is 79.9. The van der Waals surface area contributed by atoms with Gasteiger partial charge in [0.25, 0.3) is 0 Å². The first-order valence-electron chi connectivity index (χ1n) is 6.43. The standard InChI is InChI=1S/C17H13BrO4/c1-21-17(20)14-11-13(18)8-9-15(14)22-16(19)10-7-12-5-3-2-4-6-12/h2-11H,1H3/b10-7+. The first-order chi connectivity index (χ1) is 10.6. The SMILES string of the molecule is COC(=O)c1cc(Br)ccc1OC(=O)/C=C/c1ccccc1. The van der Waals surface area contributed by atoms with Crippen LogP contribution in [0.2, 0.25) is 0 Å². The zero-order valence-corrected chi connectivity index (χ0v) is 13.4. The van der Waals surface area contributed by atoms with Crippen molar-refractivity contribution < 1.29 is 19.1 Å². The lowest BCUT2D eigenvalue weighted by Crippen LogP contribution is -2.09. The molecule has 0 bridgehead atoms. The highest BCUT2D eigenvalue weighted by molar-refractivity contribution is 9.10. The van der Waals surface area contributed by atoms with Gasteiger partial charge in [-0.3, -0.25) is 0 Å². The van der Waals surface area contributed by atoms with Crippen molar-refractivity contribution in [3.8, 4) is 5.75 Å². The molecule has 2 aromatic rings. The second-order valence-corrected chi connectivity index (χ2v) is 5.21. The second-order valence-electron chi connectivity index (χ2n) is 4.30. The van der Waals surface area contributed by atoms with E-state index in [1.807, 2.05) is 30.3 Å². The van der Waals surface area contributed by atoms with Crippen LogP contribution in [0.1, 0.15) is 15.9 Å². The van der Waals surface area contributed by atoms with Gasteiger partial charge in [0, 0.05) is 10.5 Å². The van der Waals surface area contributed by atoms with Crippen molar-refractivity contribution in [2.45, 2.75) is 0 Å². The Bertz CT molecular complexity index is 708. The van der Waals surface area contributed by atoms with E-state index in [1.54, 1.807) is 12.1 Å². The maximum atomic E-state index is 11.9. The number of halogens is 1. The number of benzene rings is 2. The van der Waals surface area contributed by atoms with Crippen LogP contribution < -0.4 is 4.74 Å². The fraction of sp³-hybridized carbons (Fsp3) is 0.0588. The molecule has 2 aromatic carbocycles. The van der Waals surface area contributed by atoms with Crippen molar-refractivity contribution >= 4 is 33.9 Å². The van der Waals surface area contributed by atoms with Gasteiger partial charge in [0.15, 0.2) is 0 Å². The molecule has 0 saturated carbocycles. The monoisotopic (exact) mass is 360 g/mol. The van der Waals surface area contributed by atoms with E-state index in [0.29, 0.717) is 4.47 Å². The third-order valence-corrected chi connectivity index (χ3v) is 3.26. The summed E-state index contributed by atoms with van der Waals surface area (Å²) in [6.07, 6.45) is 2.94. The van der Waals surface area contributed by atoms with Crippen LogP contribution in [0.25, 0.3) is 6.08 Å². The first-order valence-corrected chi connectivity index (χ1v) is 7.22. The van der Waals surface area contributed by atoms with Crippen LogP contribution in [0.15, 0.2) is 59.1 Å². The molecule has 0 fully saturated rings. The molecule has 112 valence electrons. The van der Waals surface area contributed by atoms with Gasteiger partial charge in [0.2, 0.25) is 0 Å². The summed E-state index contributed by atoms with van der Waals surface area (Å²) in [5.74, 6) is -0.995. The molecule has 5 heteroatoms. The van der Waals surface area contributed by atoms with E-state index in [9.17, 15) is 9.59 Å². The Morgan fingerprint density at radius 1 is 1.09 bits per heavy atom. The van der Waals surface area contributed by atoms with Crippen LogP contribution in [0.3, 0.4) is 0 Å². The Morgan fingerprint density at radius 3 is 2.50 bits per heavy atom. The van der Waals surface area contributed by atoms with E-state index >= 15 is 0 Å². The molecule has 0 N–H and O–H groups in total. The molecule has 22 heavy (non-hydrogen) atoms. The minimum absolute atomic E-state index is 0.151. The summed E-state index contributed by atoms with van der Waals surface area (Å²) >= 11 is 3.26. The Kier molecular flexibility index (Phi) is 5.49. The number of esters is 2. The zero-order valence-electron chi connectivity index (χ0n) is 11.8. The lowest BCUT2D eigenvalue weighted by Gasteiger charge is -2.07. The van der Waals surface area contributed by atoms with Crippen LogP contribution in [0, 0.1) is 0 Å². The van der Waals surface area contributed by atoms with Crippen LogP contribution in [0.5, 0.6) is 5.75 Å². The molecule has 0 aromatic heterocycles. The van der Waals surface area contributed by atoms with Gasteiger partial charge in [-0.2, -0.15) is 0 Å². The minimum atomic E-state index is -0.573. The fourth-order valence-electron chi connectivity index (χ4n) is 1.73. The topological polar surface area (TPSA) is 52.6 Å². The van der Waals surface area contributed by atoms with E-state index in [4.69, 9.17) is 4.74 Å². The number of hydrogen-bond acceptors (Lipinski definition) is 4. The molecule has 0 saturated heterocycles. The highest BCUT2D eigenvalue weighted by Gasteiger charge is 2.15. The molecule has 0 radical (unpaired) electrons. The lowest BCUT2D eigenvalue weighted by molar-refractivity contribution is -0.128. The van der Waals surface area contributed by atoms with Crippen molar-refractivity contribution in [2.75, 3.05) is 7.11 Å². The van der Waals surface area contributed by atoms with Gasteiger partial charge in [0.05, 0.1) is 7.11 Å². The van der Waals surface area contributed by atoms with Crippen molar-refractivity contribution in [1.29, 1.82) is 0 Å². The van der Waals surface area contributed by atoms with Crippen molar-refractivity contribution in [2.24, 2.45) is 0 Å². The van der Waals surface area contributed by atoms with Crippen molar-refractivity contribution in [3.05, 3.63) is 70.2 Å². The number of ether oxygens (including phenoxy) is 2. The molecule has 0 atom stereocenters. The number of methoxy groups -OCH3 is 1. The molecule has 0 aliphatic carbocycles. The maximum absolute atomic E-state index is 11.9. The smallest absolute Gasteiger partial charge is 0.341 e. The molecule has 0 unspecified atom stereocenters. The normalized spacial score (nSPS) is 10.5. The predicted octanol–water partition coefficient (Wildman–Crippen LogP) is 3.85. The van der Waals surface area contributed by atoms with Gasteiger partial charge in [0.1, 0.15) is 11.3 Å². The fourth-order valence-corrected chi connectivity index (χ4v) is 2.09. The lowest BCUT2D eigenvalue weighted by atomic mass is 10.2. The Hall–Kier alpha value is -2.40. The molecule has 2 rings (SSSR count). The summed E-state index contributed by atoms with van der Waals surface area (Å²) in [5.41, 5.74) is 1.06. The number of rotatable bonds is 4. The molecular formula is C17H13BrO4. The maximum Gasteiger partial charge on any atom is 0.341 e. The third-order valence-electron chi connectivity index (χ3n) is 2.77. The molecule has 0 amide bonds. The van der Waals surface area contributed by atoms with Crippen LogP contribution >= 0.6 is 15.9 Å². The highest BCUT2D eigenvalue weighted by Crippen LogP contribution is 2.24. The number of hydrogen-bond donors (Lipinski definition) is 0. The van der Waals surface area contributed by atoms with Crippen molar-refractivity contribution in [1.82, 2.24) is 0 Å². The van der Waals surface area contributed by atoms with Gasteiger partial charge in [-0.15, -0.1) is 0 Å². The molecule has 0 aliphatic rings. The number of carbonyl (C=O) groups is 2. The van der Waals surface area contributed by atoms with E-state index < -0.39 is 11.9 Å². The van der Waals surface area contributed by atoms with E-state index in [-0.39, 0.29) is 11.3 Å². The van der Waals surface area contributed by atoms with E-state index in [0.717, 1.165) is 5.56 Å². The third kappa shape index (κ3) is 4.30. The van der Waals surface area contributed by atoms with E-state index in [1.165, 1.54) is 25.3 Å². The molecule has 0 aliphatic heterocycles. The summed E-state index contributed by atoms with van der Waals surface area (Å²) in [5, 5.41) is 0. The predicted molar refractivity (Wildman–Crippen MR) is 86.6 cm³/mol. The summed E-state index contributed by atoms with van der Waals surface area (Å²) in [4.78, 5) is 23.6. The molecular weight excluding hydrogens is 348 g/mol. The average Bonchev–Trinajstić information content (AvgIpc) is 2.55. The van der Waals surface area contributed by atoms with E-state index in [2.05, 4.69) is 20.7 Å². The van der Waals surface area contributed by atoms with Gasteiger partial charge in [-0.25, -0.2) is 9.59 Å². The Balaban J connectivity index is 2.15. The van der Waals surface area contributed by atoms with Gasteiger partial charge in [-0.05, 0) is 29.8 Å². The minimum Gasteiger partial charge on any atom is -0.465 e. The van der Waals surface area contributed by atoms with Crippen molar-refractivity contribution in [3.63, 3.8) is 0 Å². The largest absolute Gasteiger partial charge is 0.465 e. The zero-order chi connectivity index (χ0) is 15.9. The summed E-state index contributed by atoms with van der Waals surface area (Å²) in [6, 6.07) is 14.1. The second kappa shape index (κ2) is 7.56. The quantitative estimate of drug-likeness (QED) is 0.472. The van der Waals surface area contributed by atoms with Crippen LogP contribution in [-0.4, -0.2) is 19.0 Å². The first kappa shape index (κ1) is 16.0. The Labute approximate surface area is 136 Å². The van der Waals surface area contributed by atoms with Gasteiger partial charge in [-0.1, -0.05) is 46.3 Å². The van der Waals surface area contributed by atoms with Crippen LogP contribution in [-0.2, 0) is 9.53 Å². The van der Waals surface area contributed by atoms with Gasteiger partial charge >= 0.3 is 11.9 Å². The molecule has 0 heterocycles. The molecule has 4 nitrogen and oxygen atoms in total. The summed E-state index contributed by atoms with van der Waals surface area (Å²) < 4.78 is 10.6. The molecule has 0 spiro atoms. The van der Waals surface area contributed by atoms with Gasteiger partial charge < -0.3 is 9.47 Å².